The van der Waals surface area contributed by atoms with Crippen LogP contribution >= 0.6 is 0 Å². The fourth-order valence-electron chi connectivity index (χ4n) is 3.40. The van der Waals surface area contributed by atoms with Crippen molar-refractivity contribution in [1.29, 1.82) is 0 Å². The van der Waals surface area contributed by atoms with E-state index in [2.05, 4.69) is 0 Å². The van der Waals surface area contributed by atoms with E-state index in [1.54, 1.807) is 31.2 Å². The van der Waals surface area contributed by atoms with Gasteiger partial charge in [-0.15, -0.1) is 10.1 Å². The highest BCUT2D eigenvalue weighted by Crippen LogP contribution is 2.23. The number of fused-ring (bicyclic) bond motifs is 1. The molecule has 0 aromatic heterocycles. The van der Waals surface area contributed by atoms with Crippen LogP contribution in [-0.4, -0.2) is 71.3 Å². The van der Waals surface area contributed by atoms with Crippen molar-refractivity contribution in [3.63, 3.8) is 0 Å². The monoisotopic (exact) mass is 476 g/mol. The van der Waals surface area contributed by atoms with Crippen molar-refractivity contribution in [3.8, 4) is 0 Å². The average molecular weight is 476 g/mol. The summed E-state index contributed by atoms with van der Waals surface area (Å²) in [6.07, 6.45) is -0.0458. The van der Waals surface area contributed by atoms with Crippen molar-refractivity contribution >= 4 is 29.6 Å². The summed E-state index contributed by atoms with van der Waals surface area (Å²) in [5.41, 5.74) is 0.0185. The number of carbonyl (C=O) groups is 5. The first-order valence-corrected chi connectivity index (χ1v) is 11.0. The number of nitrogens with zero attached hydrogens (tertiary/aromatic N) is 2. The molecule has 1 fully saturated rings. The van der Waals surface area contributed by atoms with Gasteiger partial charge < -0.3 is 14.3 Å². The normalized spacial score (nSPS) is 16.9. The number of amides is 4. The Labute approximate surface area is 196 Å². The largest absolute Gasteiger partial charge is 0.378 e. The van der Waals surface area contributed by atoms with Crippen molar-refractivity contribution in [2.45, 2.75) is 58.2 Å². The highest BCUT2D eigenvalue weighted by atomic mass is 16.7. The van der Waals surface area contributed by atoms with Gasteiger partial charge in [-0.3, -0.25) is 24.0 Å². The van der Waals surface area contributed by atoms with E-state index in [1.807, 2.05) is 13.8 Å². The predicted octanol–water partition coefficient (Wildman–Crippen LogP) is 1.80. The molecular weight excluding hydrogens is 448 g/mol. The molecule has 0 bridgehead atoms. The molecule has 0 spiro atoms. The molecule has 3 rings (SSSR count). The van der Waals surface area contributed by atoms with Gasteiger partial charge in [0.15, 0.2) is 0 Å². The first-order chi connectivity index (χ1) is 16.1. The summed E-state index contributed by atoms with van der Waals surface area (Å²) in [4.78, 5) is 69.6. The van der Waals surface area contributed by atoms with Gasteiger partial charge in [-0.1, -0.05) is 12.1 Å². The topological polar surface area (TPSA) is 129 Å². The van der Waals surface area contributed by atoms with Crippen molar-refractivity contribution in [2.24, 2.45) is 0 Å². The molecule has 1 aromatic rings. The summed E-state index contributed by atoms with van der Waals surface area (Å²) in [6, 6.07) is 6.51. The lowest BCUT2D eigenvalue weighted by Crippen LogP contribution is -2.34. The Balaban J connectivity index is 1.31. The average Bonchev–Trinajstić information content (AvgIpc) is 3.22. The number of hydrogen-bond acceptors (Lipinski definition) is 9. The second-order valence-corrected chi connectivity index (χ2v) is 8.57. The van der Waals surface area contributed by atoms with Crippen LogP contribution in [-0.2, 0) is 33.5 Å². The van der Waals surface area contributed by atoms with Crippen LogP contribution in [0.2, 0.25) is 0 Å². The lowest BCUT2D eigenvalue weighted by molar-refractivity contribution is -0.199. The fourth-order valence-corrected chi connectivity index (χ4v) is 3.40. The van der Waals surface area contributed by atoms with Crippen LogP contribution < -0.4 is 0 Å². The van der Waals surface area contributed by atoms with E-state index >= 15 is 0 Å². The van der Waals surface area contributed by atoms with Crippen molar-refractivity contribution < 1.29 is 43.1 Å². The number of benzene rings is 1. The minimum atomic E-state index is -0.725. The minimum absolute atomic E-state index is 0.00589. The number of hydroxylamine groups is 4. The highest BCUT2D eigenvalue weighted by molar-refractivity contribution is 6.20. The Morgan fingerprint density at radius 3 is 2.12 bits per heavy atom. The molecule has 0 radical (unpaired) electrons. The van der Waals surface area contributed by atoms with E-state index in [0.717, 1.165) is 5.06 Å². The highest BCUT2D eigenvalue weighted by Gasteiger charge is 2.36. The van der Waals surface area contributed by atoms with Crippen molar-refractivity contribution in [3.05, 3.63) is 35.4 Å². The Morgan fingerprint density at radius 2 is 1.53 bits per heavy atom. The van der Waals surface area contributed by atoms with E-state index in [-0.39, 0.29) is 39.1 Å². The summed E-state index contributed by atoms with van der Waals surface area (Å²) in [5.74, 6) is -2.79. The number of imide groups is 2. The maximum atomic E-state index is 12.3. The first-order valence-electron chi connectivity index (χ1n) is 11.0. The van der Waals surface area contributed by atoms with E-state index in [0.29, 0.717) is 22.6 Å². The molecule has 0 saturated carbocycles. The third-order valence-electron chi connectivity index (χ3n) is 5.31. The molecule has 1 unspecified atom stereocenters. The van der Waals surface area contributed by atoms with Gasteiger partial charge in [-0.2, -0.15) is 0 Å². The molecule has 0 aliphatic carbocycles. The van der Waals surface area contributed by atoms with E-state index in [4.69, 9.17) is 19.1 Å². The molecule has 2 aliphatic heterocycles. The second-order valence-electron chi connectivity index (χ2n) is 8.57. The molecule has 0 N–H and O–H groups in total. The van der Waals surface area contributed by atoms with Crippen LogP contribution in [0.15, 0.2) is 24.3 Å². The Hall–Kier alpha value is -3.15. The van der Waals surface area contributed by atoms with E-state index in [9.17, 15) is 24.0 Å². The van der Waals surface area contributed by atoms with Gasteiger partial charge in [-0.05, 0) is 39.3 Å². The van der Waals surface area contributed by atoms with Gasteiger partial charge in [0, 0.05) is 19.4 Å². The minimum Gasteiger partial charge on any atom is -0.378 e. The summed E-state index contributed by atoms with van der Waals surface area (Å²) >= 11 is 0. The van der Waals surface area contributed by atoms with Gasteiger partial charge in [0.2, 0.25) is 0 Å². The van der Waals surface area contributed by atoms with Crippen LogP contribution in [0.4, 0.5) is 0 Å². The summed E-state index contributed by atoms with van der Waals surface area (Å²) in [6.45, 7) is 5.80. The van der Waals surface area contributed by atoms with Crippen LogP contribution in [0, 0.1) is 0 Å². The molecule has 2 aliphatic rings. The van der Waals surface area contributed by atoms with E-state index in [1.165, 1.54) is 0 Å². The zero-order valence-corrected chi connectivity index (χ0v) is 19.4. The van der Waals surface area contributed by atoms with Gasteiger partial charge >= 0.3 is 5.97 Å². The van der Waals surface area contributed by atoms with Crippen LogP contribution in [0.3, 0.4) is 0 Å². The molecule has 34 heavy (non-hydrogen) atoms. The third-order valence-corrected chi connectivity index (χ3v) is 5.31. The van der Waals surface area contributed by atoms with Crippen molar-refractivity contribution in [1.82, 2.24) is 10.1 Å². The molecule has 4 amide bonds. The quantitative estimate of drug-likeness (QED) is 0.327. The van der Waals surface area contributed by atoms with Gasteiger partial charge in [0.05, 0.1) is 42.5 Å². The number of rotatable bonds is 12. The molecule has 1 aromatic carbocycles. The summed E-state index contributed by atoms with van der Waals surface area (Å²) < 4.78 is 11.4. The number of hydrogen-bond donors (Lipinski definition) is 0. The summed E-state index contributed by atoms with van der Waals surface area (Å²) in [5, 5.41) is 1.25. The van der Waals surface area contributed by atoms with Crippen LogP contribution in [0.5, 0.6) is 0 Å². The predicted molar refractivity (Wildman–Crippen MR) is 115 cm³/mol. The van der Waals surface area contributed by atoms with Crippen molar-refractivity contribution in [2.75, 3.05) is 19.8 Å². The summed E-state index contributed by atoms with van der Waals surface area (Å²) in [7, 11) is 0. The third kappa shape index (κ3) is 6.25. The molecule has 1 saturated heterocycles. The zero-order valence-electron chi connectivity index (χ0n) is 19.4. The second kappa shape index (κ2) is 10.9. The van der Waals surface area contributed by atoms with Gasteiger partial charge in [0.1, 0.15) is 0 Å². The molecule has 11 nitrogen and oxygen atoms in total. The Bertz CT molecular complexity index is 924. The SMILES string of the molecule is CC(CC(=O)ON1C(=O)CCC1=O)OCCC(C)(C)OCCON1C(=O)c2ccccc2C1=O. The van der Waals surface area contributed by atoms with Crippen LogP contribution in [0.25, 0.3) is 0 Å². The lowest BCUT2D eigenvalue weighted by Gasteiger charge is -2.26. The maximum absolute atomic E-state index is 12.3. The van der Waals surface area contributed by atoms with Crippen LogP contribution in [0.1, 0.15) is 67.2 Å². The fraction of sp³-hybridized carbons (Fsp3) is 0.522. The van der Waals surface area contributed by atoms with E-state index < -0.39 is 41.3 Å². The maximum Gasteiger partial charge on any atom is 0.335 e. The Morgan fingerprint density at radius 1 is 0.941 bits per heavy atom. The molecule has 2 heterocycles. The first kappa shape index (κ1) is 25.5. The van der Waals surface area contributed by atoms with Gasteiger partial charge in [-0.25, -0.2) is 4.79 Å². The molecule has 1 atom stereocenters. The molecule has 184 valence electrons. The lowest BCUT2D eigenvalue weighted by atomic mass is 10.1. The number of ether oxygens (including phenoxy) is 2. The number of carbonyl (C=O) groups excluding carboxylic acids is 5. The van der Waals surface area contributed by atoms with Gasteiger partial charge in [0.25, 0.3) is 23.6 Å². The molecular formula is C23H28N2O9. The molecule has 11 heteroatoms. The standard InChI is InChI=1S/C23H28N2O9/c1-15(14-20(28)34-24-18(26)8-9-19(24)27)31-11-10-23(2,3)32-12-13-33-25-21(29)16-6-4-5-7-17(16)22(25)30/h4-7,15H,8-14H2,1-3H3. The smallest absolute Gasteiger partial charge is 0.335 e. The Kier molecular flexibility index (Phi) is 8.13. The zero-order chi connectivity index (χ0) is 24.9.